The van der Waals surface area contributed by atoms with Gasteiger partial charge < -0.3 is 10.6 Å². The average Bonchev–Trinajstić information content (AvgIpc) is 2.86. The number of benzene rings is 2. The first-order chi connectivity index (χ1) is 16.0. The highest BCUT2D eigenvalue weighted by molar-refractivity contribution is 5.80. The molecule has 0 unspecified atom stereocenters. The lowest BCUT2D eigenvalue weighted by atomic mass is 9.81. The third-order valence-electron chi connectivity index (χ3n) is 7.74. The van der Waals surface area contributed by atoms with Gasteiger partial charge in [0.25, 0.3) is 0 Å². The summed E-state index contributed by atoms with van der Waals surface area (Å²) < 4.78 is 0. The highest BCUT2D eigenvalue weighted by atomic mass is 16.2. The number of amides is 2. The van der Waals surface area contributed by atoms with Crippen LogP contribution in [0.3, 0.4) is 0 Å². The summed E-state index contributed by atoms with van der Waals surface area (Å²) in [5.41, 5.74) is 1.58. The molecular weight excluding hydrogens is 408 g/mol. The molecule has 0 radical (unpaired) electrons. The predicted molar refractivity (Wildman–Crippen MR) is 133 cm³/mol. The Morgan fingerprint density at radius 3 is 1.88 bits per heavy atom. The summed E-state index contributed by atoms with van der Waals surface area (Å²) in [6, 6.07) is 20.6. The van der Waals surface area contributed by atoms with E-state index >= 15 is 0 Å². The Labute approximate surface area is 198 Å². The van der Waals surface area contributed by atoms with Crippen LogP contribution < -0.4 is 10.6 Å². The van der Waals surface area contributed by atoms with Crippen molar-refractivity contribution in [2.45, 2.75) is 82.7 Å². The summed E-state index contributed by atoms with van der Waals surface area (Å²) in [7, 11) is 0. The van der Waals surface area contributed by atoms with Crippen LogP contribution in [0.15, 0.2) is 60.7 Å². The first-order valence-corrected chi connectivity index (χ1v) is 12.8. The largest absolute Gasteiger partial charge is 0.353 e. The molecule has 0 aliphatic heterocycles. The van der Waals surface area contributed by atoms with Crippen molar-refractivity contribution in [2.75, 3.05) is 0 Å². The van der Waals surface area contributed by atoms with Crippen LogP contribution in [0.2, 0.25) is 0 Å². The van der Waals surface area contributed by atoms with Gasteiger partial charge in [0.1, 0.15) is 0 Å². The summed E-state index contributed by atoms with van der Waals surface area (Å²) >= 11 is 0. The summed E-state index contributed by atoms with van der Waals surface area (Å²) in [6.07, 6.45) is 10.3. The molecule has 0 bridgehead atoms. The summed E-state index contributed by atoms with van der Waals surface area (Å²) in [5, 5.41) is 6.63. The van der Waals surface area contributed by atoms with Gasteiger partial charge in [-0.2, -0.15) is 0 Å². The number of hydrogen-bond donors (Lipinski definition) is 2. The molecule has 4 rings (SSSR count). The highest BCUT2D eigenvalue weighted by Gasteiger charge is 2.35. The summed E-state index contributed by atoms with van der Waals surface area (Å²) in [6.45, 7) is 2.09. The third-order valence-corrected chi connectivity index (χ3v) is 7.74. The zero-order valence-corrected chi connectivity index (χ0v) is 19.9. The van der Waals surface area contributed by atoms with Crippen molar-refractivity contribution in [3.8, 4) is 0 Å². The van der Waals surface area contributed by atoms with E-state index in [0.29, 0.717) is 12.3 Å². The SMILES string of the molecule is CC(NC(=O)C1CCC(NC(=O)CC2CCCCC2)CC1)(c1ccccc1)c1ccccc1. The molecule has 4 heteroatoms. The lowest BCUT2D eigenvalue weighted by Gasteiger charge is -2.35. The van der Waals surface area contributed by atoms with Gasteiger partial charge in [0.2, 0.25) is 11.8 Å². The molecule has 33 heavy (non-hydrogen) atoms. The first-order valence-electron chi connectivity index (χ1n) is 12.8. The first kappa shape index (κ1) is 23.5. The molecule has 0 atom stereocenters. The van der Waals surface area contributed by atoms with Gasteiger partial charge >= 0.3 is 0 Å². The second kappa shape index (κ2) is 11.0. The van der Waals surface area contributed by atoms with Gasteiger partial charge in [-0.15, -0.1) is 0 Å². The monoisotopic (exact) mass is 446 g/mol. The van der Waals surface area contributed by atoms with Crippen LogP contribution in [0, 0.1) is 11.8 Å². The number of hydrogen-bond acceptors (Lipinski definition) is 2. The van der Waals surface area contributed by atoms with Crippen LogP contribution in [0.5, 0.6) is 0 Å². The average molecular weight is 447 g/mol. The molecule has 0 spiro atoms. The van der Waals surface area contributed by atoms with Gasteiger partial charge in [-0.05, 0) is 62.5 Å². The topological polar surface area (TPSA) is 58.2 Å². The van der Waals surface area contributed by atoms with Crippen LogP contribution in [0.1, 0.15) is 82.3 Å². The van der Waals surface area contributed by atoms with E-state index in [9.17, 15) is 9.59 Å². The number of rotatable bonds is 7. The number of carbonyl (C=O) groups excluding carboxylic acids is 2. The molecule has 4 nitrogen and oxygen atoms in total. The highest BCUT2D eigenvalue weighted by Crippen LogP contribution is 2.32. The van der Waals surface area contributed by atoms with Crippen molar-refractivity contribution in [3.05, 3.63) is 71.8 Å². The van der Waals surface area contributed by atoms with Crippen molar-refractivity contribution in [1.29, 1.82) is 0 Å². The number of nitrogens with one attached hydrogen (secondary N) is 2. The van der Waals surface area contributed by atoms with E-state index in [1.165, 1.54) is 32.1 Å². The Kier molecular flexibility index (Phi) is 7.85. The quantitative estimate of drug-likeness (QED) is 0.572. The molecule has 0 aromatic heterocycles. The Bertz CT molecular complexity index is 858. The molecule has 2 aromatic rings. The molecule has 0 saturated heterocycles. The van der Waals surface area contributed by atoms with E-state index in [0.717, 1.165) is 36.8 Å². The van der Waals surface area contributed by atoms with Gasteiger partial charge in [0, 0.05) is 18.4 Å². The van der Waals surface area contributed by atoms with E-state index in [1.807, 2.05) is 36.4 Å². The van der Waals surface area contributed by atoms with Crippen molar-refractivity contribution >= 4 is 11.8 Å². The van der Waals surface area contributed by atoms with E-state index in [2.05, 4.69) is 41.8 Å². The molecule has 0 heterocycles. The molecule has 2 aliphatic carbocycles. The lowest BCUT2D eigenvalue weighted by molar-refractivity contribution is -0.127. The molecule has 2 aliphatic rings. The Hall–Kier alpha value is -2.62. The fourth-order valence-electron chi connectivity index (χ4n) is 5.64. The van der Waals surface area contributed by atoms with E-state index in [1.54, 1.807) is 0 Å². The molecule has 176 valence electrons. The molecule has 2 N–H and O–H groups in total. The van der Waals surface area contributed by atoms with Crippen LogP contribution in [0.25, 0.3) is 0 Å². The van der Waals surface area contributed by atoms with Gasteiger partial charge in [-0.3, -0.25) is 9.59 Å². The fraction of sp³-hybridized carbons (Fsp3) is 0.517. The van der Waals surface area contributed by atoms with Gasteiger partial charge in [-0.1, -0.05) is 79.9 Å². The van der Waals surface area contributed by atoms with Crippen LogP contribution in [0.4, 0.5) is 0 Å². The molecular formula is C29H38N2O2. The van der Waals surface area contributed by atoms with Crippen molar-refractivity contribution in [3.63, 3.8) is 0 Å². The Morgan fingerprint density at radius 1 is 0.788 bits per heavy atom. The minimum atomic E-state index is -0.579. The van der Waals surface area contributed by atoms with Gasteiger partial charge in [-0.25, -0.2) is 0 Å². The minimum Gasteiger partial charge on any atom is -0.353 e. The van der Waals surface area contributed by atoms with Crippen molar-refractivity contribution < 1.29 is 9.59 Å². The smallest absolute Gasteiger partial charge is 0.224 e. The summed E-state index contributed by atoms with van der Waals surface area (Å²) in [5.74, 6) is 0.866. The van der Waals surface area contributed by atoms with E-state index in [4.69, 9.17) is 0 Å². The van der Waals surface area contributed by atoms with Crippen molar-refractivity contribution in [2.24, 2.45) is 11.8 Å². The predicted octanol–water partition coefficient (Wildman–Crippen LogP) is 5.71. The van der Waals surface area contributed by atoms with Gasteiger partial charge in [0.05, 0.1) is 5.54 Å². The van der Waals surface area contributed by atoms with Crippen LogP contribution >= 0.6 is 0 Å². The molecule has 2 fully saturated rings. The molecule has 2 aromatic carbocycles. The Balaban J connectivity index is 1.33. The Morgan fingerprint density at radius 2 is 1.33 bits per heavy atom. The second-order valence-corrected chi connectivity index (χ2v) is 10.2. The molecule has 2 saturated carbocycles. The maximum atomic E-state index is 13.4. The summed E-state index contributed by atoms with van der Waals surface area (Å²) in [4.78, 5) is 25.9. The molecule has 2 amide bonds. The van der Waals surface area contributed by atoms with E-state index in [-0.39, 0.29) is 23.8 Å². The van der Waals surface area contributed by atoms with Gasteiger partial charge in [0.15, 0.2) is 0 Å². The minimum absolute atomic E-state index is 0.0109. The fourth-order valence-corrected chi connectivity index (χ4v) is 5.64. The number of carbonyl (C=O) groups is 2. The van der Waals surface area contributed by atoms with E-state index < -0.39 is 5.54 Å². The normalized spacial score (nSPS) is 21.8. The van der Waals surface area contributed by atoms with Crippen LogP contribution in [-0.4, -0.2) is 17.9 Å². The second-order valence-electron chi connectivity index (χ2n) is 10.2. The standard InChI is InChI=1S/C29H38N2O2/c1-29(24-13-7-3-8-14-24,25-15-9-4-10-16-25)31-28(33)23-17-19-26(20-18-23)30-27(32)21-22-11-5-2-6-12-22/h3-4,7-10,13-16,22-23,26H,2,5-6,11-12,17-21H2,1H3,(H,30,32)(H,31,33). The zero-order valence-electron chi connectivity index (χ0n) is 19.9. The third kappa shape index (κ3) is 6.04. The zero-order chi connectivity index (χ0) is 23.1. The van der Waals surface area contributed by atoms with Crippen molar-refractivity contribution in [1.82, 2.24) is 10.6 Å². The maximum absolute atomic E-state index is 13.4. The lowest BCUT2D eigenvalue weighted by Crippen LogP contribution is -2.48. The maximum Gasteiger partial charge on any atom is 0.224 e. The van der Waals surface area contributed by atoms with Crippen LogP contribution in [-0.2, 0) is 15.1 Å².